The van der Waals surface area contributed by atoms with Gasteiger partial charge in [0.1, 0.15) is 0 Å². The second-order valence-electron chi connectivity index (χ2n) is 5.13. The molecule has 1 saturated carbocycles. The van der Waals surface area contributed by atoms with Gasteiger partial charge in [-0.25, -0.2) is 0 Å². The zero-order valence-electron chi connectivity index (χ0n) is 10.5. The molecule has 1 aliphatic carbocycles. The molecule has 0 aromatic carbocycles. The van der Waals surface area contributed by atoms with Gasteiger partial charge >= 0.3 is 0 Å². The molecule has 1 rings (SSSR count). The van der Waals surface area contributed by atoms with Crippen molar-refractivity contribution < 1.29 is 4.79 Å². The average molecular weight is 246 g/mol. The van der Waals surface area contributed by atoms with Crippen LogP contribution in [0.5, 0.6) is 0 Å². The van der Waals surface area contributed by atoms with Crippen LogP contribution in [-0.2, 0) is 4.79 Å². The van der Waals surface area contributed by atoms with Gasteiger partial charge < -0.3 is 5.32 Å². The Hall–Kier alpha value is -0.240. The fraction of sp³-hybridized carbons (Fsp3) is 0.923. The summed E-state index contributed by atoms with van der Waals surface area (Å²) >= 11 is 5.91. The predicted molar refractivity (Wildman–Crippen MR) is 68.6 cm³/mol. The smallest absolute Gasteiger partial charge is 0.220 e. The van der Waals surface area contributed by atoms with Crippen molar-refractivity contribution in [1.82, 2.24) is 5.32 Å². The fourth-order valence-electron chi connectivity index (χ4n) is 2.36. The van der Waals surface area contributed by atoms with Crippen molar-refractivity contribution in [2.45, 2.75) is 46.0 Å². The van der Waals surface area contributed by atoms with E-state index in [1.54, 1.807) is 0 Å². The Bertz CT molecular complexity index is 220. The number of hydrogen-bond acceptors (Lipinski definition) is 1. The van der Waals surface area contributed by atoms with E-state index in [2.05, 4.69) is 19.2 Å². The molecule has 3 unspecified atom stereocenters. The molecule has 0 spiro atoms. The van der Waals surface area contributed by atoms with E-state index in [1.807, 2.05) is 0 Å². The molecular formula is C13H24ClNO. The second kappa shape index (κ2) is 7.16. The standard InChI is InChI=1S/C13H24ClNO/c1-3-10(2)7-13(16)15-9-12-6-4-5-11(12)8-14/h10-12H,3-9H2,1-2H3,(H,15,16). The van der Waals surface area contributed by atoms with E-state index < -0.39 is 0 Å². The number of carbonyl (C=O) groups is 1. The molecule has 3 heteroatoms. The Balaban J connectivity index is 2.20. The zero-order chi connectivity index (χ0) is 12.0. The fourth-order valence-corrected chi connectivity index (χ4v) is 2.77. The molecule has 0 radical (unpaired) electrons. The van der Waals surface area contributed by atoms with Gasteiger partial charge in [-0.15, -0.1) is 11.6 Å². The molecule has 2 nitrogen and oxygen atoms in total. The number of halogens is 1. The zero-order valence-corrected chi connectivity index (χ0v) is 11.2. The predicted octanol–water partition coefficient (Wildman–Crippen LogP) is 3.19. The van der Waals surface area contributed by atoms with Crippen LogP contribution in [0.4, 0.5) is 0 Å². The van der Waals surface area contributed by atoms with Gasteiger partial charge in [-0.2, -0.15) is 0 Å². The van der Waals surface area contributed by atoms with Gasteiger partial charge in [0.05, 0.1) is 0 Å². The molecular weight excluding hydrogens is 222 g/mol. The molecule has 0 aromatic heterocycles. The summed E-state index contributed by atoms with van der Waals surface area (Å²) in [6.45, 7) is 5.07. The minimum Gasteiger partial charge on any atom is -0.356 e. The Kier molecular flexibility index (Phi) is 6.18. The number of nitrogens with one attached hydrogen (secondary N) is 1. The van der Waals surface area contributed by atoms with E-state index in [-0.39, 0.29) is 5.91 Å². The van der Waals surface area contributed by atoms with Crippen LogP contribution in [-0.4, -0.2) is 18.3 Å². The first-order valence-electron chi connectivity index (χ1n) is 6.50. The van der Waals surface area contributed by atoms with Gasteiger partial charge in [-0.3, -0.25) is 4.79 Å². The van der Waals surface area contributed by atoms with Crippen LogP contribution in [0, 0.1) is 17.8 Å². The van der Waals surface area contributed by atoms with Crippen LogP contribution in [0.3, 0.4) is 0 Å². The van der Waals surface area contributed by atoms with Gasteiger partial charge in [0.2, 0.25) is 5.91 Å². The van der Waals surface area contributed by atoms with Crippen LogP contribution in [0.15, 0.2) is 0 Å². The lowest BCUT2D eigenvalue weighted by Crippen LogP contribution is -2.32. The minimum atomic E-state index is 0.203. The summed E-state index contributed by atoms with van der Waals surface area (Å²) in [6.07, 6.45) is 5.45. The summed E-state index contributed by atoms with van der Waals surface area (Å²) < 4.78 is 0. The molecule has 1 N–H and O–H groups in total. The lowest BCUT2D eigenvalue weighted by atomic mass is 9.97. The first-order chi connectivity index (χ1) is 7.67. The van der Waals surface area contributed by atoms with E-state index >= 15 is 0 Å². The van der Waals surface area contributed by atoms with Crippen molar-refractivity contribution in [3.8, 4) is 0 Å². The van der Waals surface area contributed by atoms with Crippen molar-refractivity contribution >= 4 is 17.5 Å². The van der Waals surface area contributed by atoms with Crippen LogP contribution in [0.1, 0.15) is 46.0 Å². The minimum absolute atomic E-state index is 0.203. The number of hydrogen-bond donors (Lipinski definition) is 1. The SMILES string of the molecule is CCC(C)CC(=O)NCC1CCCC1CCl. The van der Waals surface area contributed by atoms with E-state index in [9.17, 15) is 4.79 Å². The van der Waals surface area contributed by atoms with Crippen LogP contribution in [0.25, 0.3) is 0 Å². The van der Waals surface area contributed by atoms with E-state index in [0.29, 0.717) is 24.2 Å². The van der Waals surface area contributed by atoms with E-state index in [1.165, 1.54) is 19.3 Å². The molecule has 0 heterocycles. The van der Waals surface area contributed by atoms with Crippen molar-refractivity contribution in [3.63, 3.8) is 0 Å². The van der Waals surface area contributed by atoms with Gasteiger partial charge in [0.15, 0.2) is 0 Å². The Morgan fingerprint density at radius 1 is 1.44 bits per heavy atom. The summed E-state index contributed by atoms with van der Waals surface area (Å²) in [7, 11) is 0. The quantitative estimate of drug-likeness (QED) is 0.716. The number of amides is 1. The lowest BCUT2D eigenvalue weighted by molar-refractivity contribution is -0.122. The third-order valence-electron chi connectivity index (χ3n) is 3.81. The Morgan fingerprint density at radius 3 is 2.75 bits per heavy atom. The molecule has 1 amide bonds. The molecule has 0 saturated heterocycles. The maximum atomic E-state index is 11.6. The maximum absolute atomic E-state index is 11.6. The molecule has 16 heavy (non-hydrogen) atoms. The third-order valence-corrected chi connectivity index (χ3v) is 4.20. The normalized spacial score (nSPS) is 26.7. The van der Waals surface area contributed by atoms with Crippen molar-refractivity contribution in [3.05, 3.63) is 0 Å². The third kappa shape index (κ3) is 4.32. The van der Waals surface area contributed by atoms with Crippen molar-refractivity contribution in [2.24, 2.45) is 17.8 Å². The highest BCUT2D eigenvalue weighted by molar-refractivity contribution is 6.18. The average Bonchev–Trinajstić information content (AvgIpc) is 2.73. The number of rotatable bonds is 6. The van der Waals surface area contributed by atoms with Crippen LogP contribution < -0.4 is 5.32 Å². The highest BCUT2D eigenvalue weighted by Crippen LogP contribution is 2.31. The molecule has 0 aromatic rings. The lowest BCUT2D eigenvalue weighted by Gasteiger charge is -2.18. The van der Waals surface area contributed by atoms with Gasteiger partial charge in [0.25, 0.3) is 0 Å². The molecule has 3 atom stereocenters. The summed E-state index contributed by atoms with van der Waals surface area (Å²) in [5, 5.41) is 3.06. The van der Waals surface area contributed by atoms with Gasteiger partial charge in [-0.1, -0.05) is 26.7 Å². The Morgan fingerprint density at radius 2 is 2.12 bits per heavy atom. The number of carbonyl (C=O) groups excluding carboxylic acids is 1. The monoisotopic (exact) mass is 245 g/mol. The van der Waals surface area contributed by atoms with E-state index in [0.717, 1.165) is 18.8 Å². The second-order valence-corrected chi connectivity index (χ2v) is 5.44. The molecule has 0 aliphatic heterocycles. The highest BCUT2D eigenvalue weighted by Gasteiger charge is 2.26. The highest BCUT2D eigenvalue weighted by atomic mass is 35.5. The summed E-state index contributed by atoms with van der Waals surface area (Å²) in [4.78, 5) is 11.6. The van der Waals surface area contributed by atoms with Crippen LogP contribution in [0.2, 0.25) is 0 Å². The van der Waals surface area contributed by atoms with Crippen LogP contribution >= 0.6 is 11.6 Å². The largest absolute Gasteiger partial charge is 0.356 e. The van der Waals surface area contributed by atoms with E-state index in [4.69, 9.17) is 11.6 Å². The van der Waals surface area contributed by atoms with Gasteiger partial charge in [0, 0.05) is 18.8 Å². The Labute approximate surface area is 104 Å². The summed E-state index contributed by atoms with van der Waals surface area (Å²) in [5.74, 6) is 2.66. The summed E-state index contributed by atoms with van der Waals surface area (Å²) in [5.41, 5.74) is 0. The molecule has 1 fully saturated rings. The topological polar surface area (TPSA) is 29.1 Å². The van der Waals surface area contributed by atoms with Gasteiger partial charge in [-0.05, 0) is 30.6 Å². The number of alkyl halides is 1. The first-order valence-corrected chi connectivity index (χ1v) is 7.03. The molecule has 94 valence electrons. The van der Waals surface area contributed by atoms with Crippen molar-refractivity contribution in [1.29, 1.82) is 0 Å². The first kappa shape index (κ1) is 13.8. The maximum Gasteiger partial charge on any atom is 0.220 e. The molecule has 1 aliphatic rings. The summed E-state index contributed by atoms with van der Waals surface area (Å²) in [6, 6.07) is 0. The van der Waals surface area contributed by atoms with Crippen molar-refractivity contribution in [2.75, 3.05) is 12.4 Å². The molecule has 0 bridgehead atoms.